The van der Waals surface area contributed by atoms with E-state index in [1.165, 1.54) is 60.9 Å². The van der Waals surface area contributed by atoms with E-state index in [-0.39, 0.29) is 0 Å². The van der Waals surface area contributed by atoms with Gasteiger partial charge in [0.15, 0.2) is 0 Å². The molecule has 200 valence electrons. The minimum Gasteiger partial charge on any atom is -0.456 e. The van der Waals surface area contributed by atoms with Crippen LogP contribution in [0.4, 0.5) is 0 Å². The van der Waals surface area contributed by atoms with Gasteiger partial charge < -0.3 is 8.98 Å². The molecule has 2 aliphatic rings. The SMILES string of the molecule is C=CC1=C2CC(n3c4ccccc4c4cc(-c5ccc6oc(C=C)c(/C=C\C)c6c5)ccc43)=CC=C2c2ccccc21. The largest absolute Gasteiger partial charge is 0.456 e. The molecule has 2 nitrogen and oxygen atoms in total. The van der Waals surface area contributed by atoms with E-state index < -0.39 is 0 Å². The first-order chi connectivity index (χ1) is 20.7. The van der Waals surface area contributed by atoms with Crippen molar-refractivity contribution in [2.75, 3.05) is 0 Å². The van der Waals surface area contributed by atoms with Crippen molar-refractivity contribution >= 4 is 61.8 Å². The number of hydrogen-bond donors (Lipinski definition) is 0. The van der Waals surface area contributed by atoms with E-state index in [1.54, 1.807) is 6.08 Å². The fourth-order valence-corrected chi connectivity index (χ4v) is 6.88. The molecular weight excluding hydrogens is 510 g/mol. The predicted molar refractivity (Wildman–Crippen MR) is 180 cm³/mol. The van der Waals surface area contributed by atoms with Crippen LogP contribution < -0.4 is 0 Å². The standard InChI is InChI=1S/C40H29NO/c1-4-11-33-36-23-26(17-21-40(36)42-39(33)6-3)25-16-20-38-35(22-25)32-14-9-10-15-37(32)41(38)27-18-19-31-30-13-8-7-12-29(30)28(5-2)34(31)24-27/h4-23H,2-3,24H2,1H3/b11-4-. The molecule has 0 amide bonds. The van der Waals surface area contributed by atoms with Crippen molar-refractivity contribution in [1.29, 1.82) is 0 Å². The van der Waals surface area contributed by atoms with Crippen molar-refractivity contribution in [3.8, 4) is 11.1 Å². The summed E-state index contributed by atoms with van der Waals surface area (Å²) in [5.74, 6) is 0.803. The van der Waals surface area contributed by atoms with E-state index in [1.807, 2.05) is 19.1 Å². The van der Waals surface area contributed by atoms with Crippen LogP contribution in [0.5, 0.6) is 0 Å². The quantitative estimate of drug-likeness (QED) is 0.213. The summed E-state index contributed by atoms with van der Waals surface area (Å²) in [5, 5.41) is 3.60. The van der Waals surface area contributed by atoms with Crippen LogP contribution in [-0.2, 0) is 0 Å². The van der Waals surface area contributed by atoms with E-state index in [9.17, 15) is 0 Å². The summed E-state index contributed by atoms with van der Waals surface area (Å²) < 4.78 is 8.51. The normalized spacial score (nSPS) is 14.5. The topological polar surface area (TPSA) is 18.1 Å². The Morgan fingerprint density at radius 2 is 1.48 bits per heavy atom. The van der Waals surface area contributed by atoms with Gasteiger partial charge in [-0.25, -0.2) is 0 Å². The highest BCUT2D eigenvalue weighted by Crippen LogP contribution is 2.48. The molecular formula is C40H29NO. The fourth-order valence-electron chi connectivity index (χ4n) is 6.88. The first-order valence-electron chi connectivity index (χ1n) is 14.4. The zero-order chi connectivity index (χ0) is 28.4. The molecule has 0 unspecified atom stereocenters. The van der Waals surface area contributed by atoms with Crippen LogP contribution in [0, 0.1) is 0 Å². The summed E-state index contributed by atoms with van der Waals surface area (Å²) in [5.41, 5.74) is 14.5. The molecule has 0 saturated carbocycles. The average molecular weight is 540 g/mol. The smallest absolute Gasteiger partial charge is 0.135 e. The molecule has 0 aliphatic heterocycles. The van der Waals surface area contributed by atoms with Gasteiger partial charge in [-0.3, -0.25) is 0 Å². The van der Waals surface area contributed by atoms with Gasteiger partial charge in [-0.2, -0.15) is 0 Å². The molecule has 0 bridgehead atoms. The van der Waals surface area contributed by atoms with Crippen LogP contribution in [-0.4, -0.2) is 4.57 Å². The number of para-hydroxylation sites is 1. The third kappa shape index (κ3) is 3.45. The van der Waals surface area contributed by atoms with Crippen LogP contribution in [0.2, 0.25) is 0 Å². The second-order valence-electron chi connectivity index (χ2n) is 10.9. The Balaban J connectivity index is 1.29. The van der Waals surface area contributed by atoms with Crippen molar-refractivity contribution in [2.45, 2.75) is 13.3 Å². The van der Waals surface area contributed by atoms with Crippen molar-refractivity contribution in [3.05, 3.63) is 150 Å². The van der Waals surface area contributed by atoms with Crippen LogP contribution in [0.3, 0.4) is 0 Å². The lowest BCUT2D eigenvalue weighted by Crippen LogP contribution is -2.02. The molecule has 0 fully saturated rings. The van der Waals surface area contributed by atoms with Gasteiger partial charge in [0.2, 0.25) is 0 Å². The number of fused-ring (bicyclic) bond motifs is 7. The Kier molecular flexibility index (Phi) is 5.45. The lowest BCUT2D eigenvalue weighted by Gasteiger charge is -2.19. The Bertz CT molecular complexity index is 2260. The third-order valence-electron chi connectivity index (χ3n) is 8.73. The van der Waals surface area contributed by atoms with E-state index in [0.29, 0.717) is 0 Å². The van der Waals surface area contributed by atoms with E-state index >= 15 is 0 Å². The Hall–Kier alpha value is -5.34. The number of nitrogens with zero attached hydrogens (tertiary/aromatic N) is 1. The van der Waals surface area contributed by atoms with Gasteiger partial charge in [-0.05, 0) is 88.4 Å². The van der Waals surface area contributed by atoms with Crippen LogP contribution in [0.25, 0.3) is 72.9 Å². The second-order valence-corrected chi connectivity index (χ2v) is 10.9. The second kappa shape index (κ2) is 9.36. The molecule has 2 heteroatoms. The third-order valence-corrected chi connectivity index (χ3v) is 8.73. The summed E-state index contributed by atoms with van der Waals surface area (Å²) in [6, 6.07) is 30.7. The lowest BCUT2D eigenvalue weighted by molar-refractivity contribution is 0.603. The highest BCUT2D eigenvalue weighted by Gasteiger charge is 2.28. The predicted octanol–water partition coefficient (Wildman–Crippen LogP) is 11.2. The number of rotatable bonds is 5. The maximum Gasteiger partial charge on any atom is 0.135 e. The van der Waals surface area contributed by atoms with Gasteiger partial charge in [0, 0.05) is 33.8 Å². The number of aromatic nitrogens is 1. The molecule has 2 aliphatic carbocycles. The molecule has 8 rings (SSSR count). The van der Waals surface area contributed by atoms with Crippen molar-refractivity contribution in [1.82, 2.24) is 4.57 Å². The van der Waals surface area contributed by atoms with E-state index in [2.05, 4.69) is 121 Å². The highest BCUT2D eigenvalue weighted by molar-refractivity contribution is 6.12. The van der Waals surface area contributed by atoms with Gasteiger partial charge in [0.1, 0.15) is 11.3 Å². The maximum atomic E-state index is 6.06. The molecule has 0 saturated heterocycles. The minimum absolute atomic E-state index is 0.803. The molecule has 0 radical (unpaired) electrons. The summed E-state index contributed by atoms with van der Waals surface area (Å²) in [6.45, 7) is 10.1. The van der Waals surface area contributed by atoms with Gasteiger partial charge >= 0.3 is 0 Å². The molecule has 2 heterocycles. The fraction of sp³-hybridized carbons (Fsp3) is 0.0500. The monoisotopic (exact) mass is 539 g/mol. The van der Waals surface area contributed by atoms with Crippen molar-refractivity contribution in [3.63, 3.8) is 0 Å². The zero-order valence-corrected chi connectivity index (χ0v) is 23.5. The molecule has 2 aromatic heterocycles. The number of benzene rings is 4. The van der Waals surface area contributed by atoms with Gasteiger partial charge in [-0.1, -0.05) is 92.1 Å². The summed E-state index contributed by atoms with van der Waals surface area (Å²) in [7, 11) is 0. The van der Waals surface area contributed by atoms with Crippen LogP contribution in [0.1, 0.15) is 35.8 Å². The number of hydrogen-bond acceptors (Lipinski definition) is 1. The maximum absolute atomic E-state index is 6.06. The van der Waals surface area contributed by atoms with Gasteiger partial charge in [0.25, 0.3) is 0 Å². The minimum atomic E-state index is 0.803. The van der Waals surface area contributed by atoms with Crippen LogP contribution in [0.15, 0.2) is 132 Å². The lowest BCUT2D eigenvalue weighted by atomic mass is 9.94. The average Bonchev–Trinajstić information content (AvgIpc) is 3.67. The van der Waals surface area contributed by atoms with E-state index in [4.69, 9.17) is 4.42 Å². The van der Waals surface area contributed by atoms with Gasteiger partial charge in [-0.15, -0.1) is 0 Å². The highest BCUT2D eigenvalue weighted by atomic mass is 16.3. The Labute approximate surface area is 245 Å². The van der Waals surface area contributed by atoms with Gasteiger partial charge in [0.05, 0.1) is 11.0 Å². The molecule has 42 heavy (non-hydrogen) atoms. The van der Waals surface area contributed by atoms with Crippen molar-refractivity contribution in [2.24, 2.45) is 0 Å². The summed E-state index contributed by atoms with van der Waals surface area (Å²) in [4.78, 5) is 0. The zero-order valence-electron chi connectivity index (χ0n) is 23.5. The van der Waals surface area contributed by atoms with Crippen LogP contribution >= 0.6 is 0 Å². The summed E-state index contributed by atoms with van der Waals surface area (Å²) in [6.07, 6.45) is 13.4. The van der Waals surface area contributed by atoms with Crippen molar-refractivity contribution < 1.29 is 4.42 Å². The molecule has 0 spiro atoms. The Morgan fingerprint density at radius 1 is 0.738 bits per heavy atom. The molecule has 0 atom stereocenters. The first kappa shape index (κ1) is 24.5. The van der Waals surface area contributed by atoms with E-state index in [0.717, 1.165) is 34.3 Å². The Morgan fingerprint density at radius 3 is 2.29 bits per heavy atom. The molecule has 6 aromatic rings. The number of furan rings is 1. The number of allylic oxidation sites excluding steroid dienone is 8. The summed E-state index contributed by atoms with van der Waals surface area (Å²) >= 11 is 0. The molecule has 4 aromatic carbocycles. The first-order valence-corrected chi connectivity index (χ1v) is 14.4. The molecule has 0 N–H and O–H groups in total.